The summed E-state index contributed by atoms with van der Waals surface area (Å²) in [5.74, 6) is 0.119. The molecule has 8 heteroatoms. The summed E-state index contributed by atoms with van der Waals surface area (Å²) >= 11 is 12.2. The Morgan fingerprint density at radius 3 is 2.55 bits per heavy atom. The number of ether oxygens (including phenoxy) is 1. The van der Waals surface area contributed by atoms with Crippen molar-refractivity contribution in [3.63, 3.8) is 0 Å². The maximum Gasteiger partial charge on any atom is 0.227 e. The Labute approximate surface area is 182 Å². The molecule has 0 saturated carbocycles. The molecule has 1 N–H and O–H groups in total. The van der Waals surface area contributed by atoms with E-state index < -0.39 is 0 Å². The predicted molar refractivity (Wildman–Crippen MR) is 114 cm³/mol. The summed E-state index contributed by atoms with van der Waals surface area (Å²) < 4.78 is 5.98. The van der Waals surface area contributed by atoms with Crippen LogP contribution in [-0.4, -0.2) is 96.4 Å². The van der Waals surface area contributed by atoms with Crippen LogP contribution >= 0.6 is 23.2 Å². The number of piperazine rings is 1. The standard InChI is InChI=1S/C21H29Cl2N3O3/c22-16-4-3-15(11-17(16)23)12-20(28)26-8-7-25(9-10-27)19-14-29-13-18(21(19)26)24-5-1-2-6-24/h3-4,11,18-19,21,27H,1-2,5-10,12-14H2/t18-,19+,21+/m1/s1. The van der Waals surface area contributed by atoms with Crippen molar-refractivity contribution in [3.8, 4) is 0 Å². The molecule has 0 radical (unpaired) electrons. The first-order valence-corrected chi connectivity index (χ1v) is 11.2. The van der Waals surface area contributed by atoms with Crippen molar-refractivity contribution >= 4 is 29.1 Å². The number of carbonyl (C=O) groups is 1. The lowest BCUT2D eigenvalue weighted by molar-refractivity contribution is -0.152. The highest BCUT2D eigenvalue weighted by Crippen LogP contribution is 2.30. The maximum atomic E-state index is 13.4. The smallest absolute Gasteiger partial charge is 0.227 e. The zero-order chi connectivity index (χ0) is 20.4. The Hall–Kier alpha value is -0.890. The first kappa shape index (κ1) is 21.3. The van der Waals surface area contributed by atoms with Crippen LogP contribution in [0.4, 0.5) is 0 Å². The van der Waals surface area contributed by atoms with E-state index in [0.29, 0.717) is 42.8 Å². The van der Waals surface area contributed by atoms with Gasteiger partial charge in [-0.3, -0.25) is 14.6 Å². The predicted octanol–water partition coefficient (Wildman–Crippen LogP) is 1.90. The normalized spacial score (nSPS) is 28.5. The van der Waals surface area contributed by atoms with Gasteiger partial charge in [-0.05, 0) is 43.6 Å². The Morgan fingerprint density at radius 1 is 1.07 bits per heavy atom. The van der Waals surface area contributed by atoms with Gasteiger partial charge in [-0.15, -0.1) is 0 Å². The molecule has 3 atom stereocenters. The molecule has 29 heavy (non-hydrogen) atoms. The summed E-state index contributed by atoms with van der Waals surface area (Å²) in [6.07, 6.45) is 2.71. The topological polar surface area (TPSA) is 56.3 Å². The number of aliphatic hydroxyl groups is 1. The third-order valence-electron chi connectivity index (χ3n) is 6.48. The van der Waals surface area contributed by atoms with Gasteiger partial charge in [0, 0.05) is 19.6 Å². The van der Waals surface area contributed by atoms with E-state index >= 15 is 0 Å². The second-order valence-electron chi connectivity index (χ2n) is 8.18. The van der Waals surface area contributed by atoms with Gasteiger partial charge in [0.15, 0.2) is 0 Å². The van der Waals surface area contributed by atoms with Crippen molar-refractivity contribution in [1.82, 2.24) is 14.7 Å². The molecule has 0 aliphatic carbocycles. The number of benzene rings is 1. The Bertz CT molecular complexity index is 729. The Balaban J connectivity index is 1.56. The minimum atomic E-state index is 0.0809. The number of nitrogens with zero attached hydrogens (tertiary/aromatic N) is 3. The van der Waals surface area contributed by atoms with Crippen molar-refractivity contribution in [3.05, 3.63) is 33.8 Å². The van der Waals surface area contributed by atoms with Gasteiger partial charge in [-0.25, -0.2) is 0 Å². The lowest BCUT2D eigenvalue weighted by Crippen LogP contribution is -2.71. The van der Waals surface area contributed by atoms with E-state index in [1.807, 2.05) is 6.07 Å². The summed E-state index contributed by atoms with van der Waals surface area (Å²) in [7, 11) is 0. The molecule has 0 spiro atoms. The summed E-state index contributed by atoms with van der Waals surface area (Å²) in [5.41, 5.74) is 0.878. The molecule has 4 rings (SSSR count). The maximum absolute atomic E-state index is 13.4. The number of aliphatic hydroxyl groups excluding tert-OH is 1. The van der Waals surface area contributed by atoms with E-state index in [9.17, 15) is 9.90 Å². The molecule has 3 saturated heterocycles. The van der Waals surface area contributed by atoms with Gasteiger partial charge in [0.2, 0.25) is 5.91 Å². The van der Waals surface area contributed by atoms with Crippen molar-refractivity contribution in [2.45, 2.75) is 37.4 Å². The van der Waals surface area contributed by atoms with Gasteiger partial charge in [0.05, 0.1) is 54.4 Å². The fourth-order valence-electron chi connectivity index (χ4n) is 5.07. The molecule has 1 amide bonds. The van der Waals surface area contributed by atoms with E-state index in [2.05, 4.69) is 14.7 Å². The molecule has 3 aliphatic rings. The average molecular weight is 442 g/mol. The largest absolute Gasteiger partial charge is 0.395 e. The summed E-state index contributed by atoms with van der Waals surface area (Å²) in [4.78, 5) is 20.2. The number of hydrogen-bond acceptors (Lipinski definition) is 5. The lowest BCUT2D eigenvalue weighted by Gasteiger charge is -2.54. The van der Waals surface area contributed by atoms with Crippen LogP contribution in [0, 0.1) is 0 Å². The fourth-order valence-corrected chi connectivity index (χ4v) is 5.39. The minimum absolute atomic E-state index is 0.0809. The first-order chi connectivity index (χ1) is 14.1. The molecular weight excluding hydrogens is 413 g/mol. The molecule has 3 fully saturated rings. The zero-order valence-corrected chi connectivity index (χ0v) is 18.1. The van der Waals surface area contributed by atoms with Crippen LogP contribution in [-0.2, 0) is 16.0 Å². The van der Waals surface area contributed by atoms with Gasteiger partial charge < -0.3 is 14.7 Å². The van der Waals surface area contributed by atoms with E-state index in [0.717, 1.165) is 25.2 Å². The zero-order valence-electron chi connectivity index (χ0n) is 16.6. The third-order valence-corrected chi connectivity index (χ3v) is 7.22. The lowest BCUT2D eigenvalue weighted by atomic mass is 9.91. The fraction of sp³-hybridized carbons (Fsp3) is 0.667. The number of halogens is 2. The number of fused-ring (bicyclic) bond motifs is 1. The van der Waals surface area contributed by atoms with Gasteiger partial charge in [-0.1, -0.05) is 29.3 Å². The SMILES string of the molecule is O=C(Cc1ccc(Cl)c(Cl)c1)N1CCN(CCO)[C@H]2COC[C@@H](N3CCCC3)[C@@H]21. The van der Waals surface area contributed by atoms with Crippen molar-refractivity contribution < 1.29 is 14.6 Å². The number of rotatable bonds is 5. The van der Waals surface area contributed by atoms with Crippen molar-refractivity contribution in [2.75, 3.05) is 52.5 Å². The van der Waals surface area contributed by atoms with Crippen molar-refractivity contribution in [2.24, 2.45) is 0 Å². The minimum Gasteiger partial charge on any atom is -0.395 e. The second kappa shape index (κ2) is 9.50. The quantitative estimate of drug-likeness (QED) is 0.755. The molecule has 1 aromatic carbocycles. The van der Waals surface area contributed by atoms with Crippen LogP contribution < -0.4 is 0 Å². The number of amides is 1. The van der Waals surface area contributed by atoms with E-state index in [1.54, 1.807) is 12.1 Å². The summed E-state index contributed by atoms with van der Waals surface area (Å²) in [6, 6.07) is 5.80. The molecule has 3 aliphatic heterocycles. The molecule has 0 unspecified atom stereocenters. The number of β-amino-alcohol motifs (C(OH)–C–C–N with tert-alkyl or cyclic N) is 1. The average Bonchev–Trinajstić information content (AvgIpc) is 3.25. The number of likely N-dealkylation sites (tertiary alicyclic amines) is 1. The highest BCUT2D eigenvalue weighted by molar-refractivity contribution is 6.42. The van der Waals surface area contributed by atoms with Gasteiger partial charge in [0.1, 0.15) is 0 Å². The molecule has 160 valence electrons. The molecule has 6 nitrogen and oxygen atoms in total. The van der Waals surface area contributed by atoms with E-state index in [1.165, 1.54) is 12.8 Å². The Morgan fingerprint density at radius 2 is 1.83 bits per heavy atom. The van der Waals surface area contributed by atoms with Gasteiger partial charge >= 0.3 is 0 Å². The van der Waals surface area contributed by atoms with Crippen LogP contribution in [0.1, 0.15) is 18.4 Å². The summed E-state index contributed by atoms with van der Waals surface area (Å²) in [6.45, 7) is 5.55. The van der Waals surface area contributed by atoms with E-state index in [-0.39, 0.29) is 30.6 Å². The molecule has 1 aromatic rings. The first-order valence-electron chi connectivity index (χ1n) is 10.5. The van der Waals surface area contributed by atoms with Gasteiger partial charge in [0.25, 0.3) is 0 Å². The molecular formula is C21H29Cl2N3O3. The highest BCUT2D eigenvalue weighted by atomic mass is 35.5. The third kappa shape index (κ3) is 4.58. The van der Waals surface area contributed by atoms with Crippen molar-refractivity contribution in [1.29, 1.82) is 0 Å². The second-order valence-corrected chi connectivity index (χ2v) is 8.99. The number of hydrogen-bond donors (Lipinski definition) is 1. The Kier molecular flexibility index (Phi) is 6.99. The molecule has 0 bridgehead atoms. The number of carbonyl (C=O) groups excluding carboxylic acids is 1. The van der Waals surface area contributed by atoms with Crippen LogP contribution in [0.5, 0.6) is 0 Å². The van der Waals surface area contributed by atoms with Crippen LogP contribution in [0.15, 0.2) is 18.2 Å². The summed E-state index contributed by atoms with van der Waals surface area (Å²) in [5, 5.41) is 10.5. The van der Waals surface area contributed by atoms with Crippen LogP contribution in [0.25, 0.3) is 0 Å². The van der Waals surface area contributed by atoms with E-state index in [4.69, 9.17) is 27.9 Å². The molecule has 3 heterocycles. The van der Waals surface area contributed by atoms with Crippen LogP contribution in [0.3, 0.4) is 0 Å². The van der Waals surface area contributed by atoms with Gasteiger partial charge in [-0.2, -0.15) is 0 Å². The van der Waals surface area contributed by atoms with Crippen LogP contribution in [0.2, 0.25) is 10.0 Å². The molecule has 0 aromatic heterocycles. The monoisotopic (exact) mass is 441 g/mol. The highest BCUT2D eigenvalue weighted by Gasteiger charge is 2.47.